The van der Waals surface area contributed by atoms with Crippen LogP contribution in [0.1, 0.15) is 27.7 Å². The van der Waals surface area contributed by atoms with Gasteiger partial charge in [0.25, 0.3) is 0 Å². The molecule has 0 fully saturated rings. The molecule has 0 bridgehead atoms. The number of hydrogen-bond donors (Lipinski definition) is 1. The molecule has 0 aromatic carbocycles. The summed E-state index contributed by atoms with van der Waals surface area (Å²) in [6, 6.07) is 0.654. The lowest BCUT2D eigenvalue weighted by atomic mass is 10.4. The summed E-state index contributed by atoms with van der Waals surface area (Å²) in [7, 11) is 0. The lowest BCUT2D eigenvalue weighted by molar-refractivity contribution is 0.324. The van der Waals surface area contributed by atoms with Crippen LogP contribution < -0.4 is 5.32 Å². The Hall–Kier alpha value is 0.270. The Morgan fingerprint density at radius 3 is 2.36 bits per heavy atom. The summed E-state index contributed by atoms with van der Waals surface area (Å²) in [5.41, 5.74) is 0. The van der Waals surface area contributed by atoms with Crippen molar-refractivity contribution < 1.29 is 0 Å². The zero-order valence-electron chi connectivity index (χ0n) is 10.2. The molecule has 0 heterocycles. The van der Waals surface area contributed by atoms with Gasteiger partial charge >= 0.3 is 0 Å². The topological polar surface area (TPSA) is 15.3 Å². The maximum absolute atomic E-state index is 3.43. The minimum Gasteiger partial charge on any atom is -0.314 e. The summed E-state index contributed by atoms with van der Waals surface area (Å²) in [5.74, 6) is 2.49. The fourth-order valence-electron chi connectivity index (χ4n) is 1.40. The average Bonchev–Trinajstić information content (AvgIpc) is 2.19. The Morgan fingerprint density at radius 2 is 1.86 bits per heavy atom. The highest BCUT2D eigenvalue weighted by atomic mass is 32.2. The van der Waals surface area contributed by atoms with Crippen LogP contribution in [-0.4, -0.2) is 48.6 Å². The van der Waals surface area contributed by atoms with Gasteiger partial charge in [-0.25, -0.2) is 0 Å². The van der Waals surface area contributed by atoms with E-state index in [0.717, 1.165) is 6.54 Å². The standard InChI is InChI=1S/C11H26N2S/c1-5-12-11(4)10-14-9-8-13(6-2)7-3/h11-12H,5-10H2,1-4H3. The molecule has 0 amide bonds. The molecule has 86 valence electrons. The predicted octanol–water partition coefficient (Wildman–Crippen LogP) is 2.06. The van der Waals surface area contributed by atoms with E-state index < -0.39 is 0 Å². The van der Waals surface area contributed by atoms with E-state index in [9.17, 15) is 0 Å². The van der Waals surface area contributed by atoms with Gasteiger partial charge in [0.05, 0.1) is 0 Å². The third-order valence-corrected chi connectivity index (χ3v) is 3.57. The Bertz CT molecular complexity index is 116. The van der Waals surface area contributed by atoms with Crippen molar-refractivity contribution >= 4 is 11.8 Å². The molecular formula is C11H26N2S. The van der Waals surface area contributed by atoms with Gasteiger partial charge in [0.15, 0.2) is 0 Å². The van der Waals surface area contributed by atoms with E-state index in [2.05, 4.69) is 49.7 Å². The molecule has 3 heteroatoms. The molecule has 0 radical (unpaired) electrons. The molecule has 0 aliphatic carbocycles. The van der Waals surface area contributed by atoms with Crippen molar-refractivity contribution in [3.63, 3.8) is 0 Å². The first-order chi connectivity index (χ1) is 6.74. The van der Waals surface area contributed by atoms with E-state index in [1.807, 2.05) is 0 Å². The van der Waals surface area contributed by atoms with E-state index in [4.69, 9.17) is 0 Å². The third kappa shape index (κ3) is 7.65. The molecule has 0 aromatic heterocycles. The molecule has 14 heavy (non-hydrogen) atoms. The second kappa shape index (κ2) is 9.81. The number of hydrogen-bond acceptors (Lipinski definition) is 3. The van der Waals surface area contributed by atoms with Gasteiger partial charge in [-0.15, -0.1) is 0 Å². The summed E-state index contributed by atoms with van der Waals surface area (Å²) in [5, 5.41) is 3.43. The summed E-state index contributed by atoms with van der Waals surface area (Å²) < 4.78 is 0. The van der Waals surface area contributed by atoms with E-state index in [-0.39, 0.29) is 0 Å². The minimum absolute atomic E-state index is 0.654. The highest BCUT2D eigenvalue weighted by molar-refractivity contribution is 7.99. The maximum Gasteiger partial charge on any atom is 0.0129 e. The lowest BCUT2D eigenvalue weighted by Gasteiger charge is -2.18. The summed E-state index contributed by atoms with van der Waals surface area (Å²) in [4.78, 5) is 2.48. The van der Waals surface area contributed by atoms with Crippen molar-refractivity contribution in [2.75, 3.05) is 37.7 Å². The van der Waals surface area contributed by atoms with Crippen LogP contribution in [-0.2, 0) is 0 Å². The first-order valence-corrected chi connectivity index (χ1v) is 6.93. The predicted molar refractivity (Wildman–Crippen MR) is 68.3 cm³/mol. The monoisotopic (exact) mass is 218 g/mol. The summed E-state index contributed by atoms with van der Waals surface area (Å²) >= 11 is 2.06. The maximum atomic E-state index is 3.43. The van der Waals surface area contributed by atoms with Crippen LogP contribution in [0.25, 0.3) is 0 Å². The van der Waals surface area contributed by atoms with Gasteiger partial charge in [0.1, 0.15) is 0 Å². The molecule has 2 nitrogen and oxygen atoms in total. The second-order valence-electron chi connectivity index (χ2n) is 3.56. The van der Waals surface area contributed by atoms with Crippen molar-refractivity contribution in [1.82, 2.24) is 10.2 Å². The van der Waals surface area contributed by atoms with E-state index >= 15 is 0 Å². The molecular weight excluding hydrogens is 192 g/mol. The number of rotatable bonds is 9. The minimum atomic E-state index is 0.654. The number of nitrogens with zero attached hydrogens (tertiary/aromatic N) is 1. The van der Waals surface area contributed by atoms with Crippen molar-refractivity contribution in [2.45, 2.75) is 33.7 Å². The Labute approximate surface area is 93.8 Å². The van der Waals surface area contributed by atoms with E-state index in [0.29, 0.717) is 6.04 Å². The number of nitrogens with one attached hydrogen (secondary N) is 1. The molecule has 0 aromatic rings. The van der Waals surface area contributed by atoms with Gasteiger partial charge in [0.2, 0.25) is 0 Å². The molecule has 0 saturated heterocycles. The highest BCUT2D eigenvalue weighted by Crippen LogP contribution is 2.03. The zero-order chi connectivity index (χ0) is 10.8. The molecule has 1 atom stereocenters. The lowest BCUT2D eigenvalue weighted by Crippen LogP contribution is -2.29. The molecule has 1 N–H and O–H groups in total. The van der Waals surface area contributed by atoms with Crippen LogP contribution in [0, 0.1) is 0 Å². The summed E-state index contributed by atoms with van der Waals surface area (Å²) in [6.07, 6.45) is 0. The van der Waals surface area contributed by atoms with Crippen LogP contribution in [0.15, 0.2) is 0 Å². The van der Waals surface area contributed by atoms with Crippen molar-refractivity contribution in [3.05, 3.63) is 0 Å². The van der Waals surface area contributed by atoms with Gasteiger partial charge in [0, 0.05) is 24.1 Å². The largest absolute Gasteiger partial charge is 0.314 e. The average molecular weight is 218 g/mol. The van der Waals surface area contributed by atoms with Crippen molar-refractivity contribution in [3.8, 4) is 0 Å². The zero-order valence-corrected chi connectivity index (χ0v) is 11.0. The van der Waals surface area contributed by atoms with Gasteiger partial charge in [-0.05, 0) is 26.6 Å². The van der Waals surface area contributed by atoms with Crippen molar-refractivity contribution in [2.24, 2.45) is 0 Å². The van der Waals surface area contributed by atoms with Gasteiger partial charge < -0.3 is 10.2 Å². The van der Waals surface area contributed by atoms with Crippen LogP contribution in [0.5, 0.6) is 0 Å². The number of thioether (sulfide) groups is 1. The molecule has 0 aliphatic heterocycles. The Kier molecular flexibility index (Phi) is 10.0. The van der Waals surface area contributed by atoms with E-state index in [1.54, 1.807) is 0 Å². The second-order valence-corrected chi connectivity index (χ2v) is 4.71. The molecule has 0 aliphatic rings. The van der Waals surface area contributed by atoms with E-state index in [1.165, 1.54) is 31.1 Å². The summed E-state index contributed by atoms with van der Waals surface area (Å²) in [6.45, 7) is 13.6. The highest BCUT2D eigenvalue weighted by Gasteiger charge is 2.01. The van der Waals surface area contributed by atoms with Gasteiger partial charge in [-0.3, -0.25) is 0 Å². The van der Waals surface area contributed by atoms with Crippen LogP contribution in [0.3, 0.4) is 0 Å². The first-order valence-electron chi connectivity index (χ1n) is 5.78. The van der Waals surface area contributed by atoms with Gasteiger partial charge in [-0.2, -0.15) is 11.8 Å². The molecule has 0 saturated carbocycles. The fourth-order valence-corrected chi connectivity index (χ4v) is 2.43. The van der Waals surface area contributed by atoms with Crippen LogP contribution in [0.2, 0.25) is 0 Å². The molecule has 1 unspecified atom stereocenters. The third-order valence-electron chi connectivity index (χ3n) is 2.37. The van der Waals surface area contributed by atoms with Gasteiger partial charge in [-0.1, -0.05) is 20.8 Å². The quantitative estimate of drug-likeness (QED) is 0.596. The first kappa shape index (κ1) is 14.3. The normalized spacial score (nSPS) is 13.5. The Morgan fingerprint density at radius 1 is 1.21 bits per heavy atom. The van der Waals surface area contributed by atoms with Crippen LogP contribution in [0.4, 0.5) is 0 Å². The molecule has 0 spiro atoms. The van der Waals surface area contributed by atoms with Crippen LogP contribution >= 0.6 is 11.8 Å². The fraction of sp³-hybridized carbons (Fsp3) is 1.00. The smallest absolute Gasteiger partial charge is 0.0129 e. The Balaban J connectivity index is 3.27. The van der Waals surface area contributed by atoms with Crippen molar-refractivity contribution in [1.29, 1.82) is 0 Å². The SMILES string of the molecule is CCNC(C)CSCCN(CC)CC. The molecule has 0 rings (SSSR count).